The summed E-state index contributed by atoms with van der Waals surface area (Å²) in [4.78, 5) is 38.9. The molecule has 27 heavy (non-hydrogen) atoms. The summed E-state index contributed by atoms with van der Waals surface area (Å²) in [6.45, 7) is 3.31. The fraction of sp³-hybridized carbons (Fsp3) is 0.263. The van der Waals surface area contributed by atoms with Crippen molar-refractivity contribution in [3.05, 3.63) is 57.4 Å². The standard InChI is InChI=1S/C19H17N3O4S/c1-11-8-14-9-13(5-6-15(14)22(11)12(2)23)16(24)10-21-19(25)26-18(20-21)17-4-3-7-27-17/h3-7,9,11H,8,10H2,1-2H3/t11-/m1/s1. The molecule has 0 unspecified atom stereocenters. The molecule has 0 radical (unpaired) electrons. The predicted molar refractivity (Wildman–Crippen MR) is 101 cm³/mol. The molecule has 7 nitrogen and oxygen atoms in total. The van der Waals surface area contributed by atoms with E-state index in [-0.39, 0.29) is 30.2 Å². The van der Waals surface area contributed by atoms with Crippen LogP contribution in [0.15, 0.2) is 44.9 Å². The van der Waals surface area contributed by atoms with Gasteiger partial charge in [0.2, 0.25) is 5.91 Å². The van der Waals surface area contributed by atoms with Crippen LogP contribution >= 0.6 is 11.3 Å². The van der Waals surface area contributed by atoms with Crippen LogP contribution < -0.4 is 10.7 Å². The largest absolute Gasteiger partial charge is 0.437 e. The molecule has 0 saturated carbocycles. The lowest BCUT2D eigenvalue weighted by molar-refractivity contribution is -0.116. The maximum atomic E-state index is 12.6. The van der Waals surface area contributed by atoms with E-state index in [0.717, 1.165) is 20.8 Å². The van der Waals surface area contributed by atoms with Gasteiger partial charge in [-0.1, -0.05) is 6.07 Å². The Bertz CT molecular complexity index is 1080. The number of thiophene rings is 1. The van der Waals surface area contributed by atoms with Crippen LogP contribution in [0.1, 0.15) is 29.8 Å². The average Bonchev–Trinajstić information content (AvgIpc) is 3.32. The highest BCUT2D eigenvalue weighted by molar-refractivity contribution is 7.13. The zero-order valence-corrected chi connectivity index (χ0v) is 15.7. The highest BCUT2D eigenvalue weighted by Crippen LogP contribution is 2.33. The van der Waals surface area contributed by atoms with Crippen LogP contribution in [0, 0.1) is 0 Å². The Labute approximate surface area is 158 Å². The van der Waals surface area contributed by atoms with E-state index in [2.05, 4.69) is 5.10 Å². The molecule has 8 heteroatoms. The van der Waals surface area contributed by atoms with Crippen LogP contribution in [0.3, 0.4) is 0 Å². The summed E-state index contributed by atoms with van der Waals surface area (Å²) < 4.78 is 6.17. The van der Waals surface area contributed by atoms with E-state index in [1.165, 1.54) is 18.3 Å². The minimum Gasteiger partial charge on any atom is -0.387 e. The molecule has 0 N–H and O–H groups in total. The van der Waals surface area contributed by atoms with Gasteiger partial charge in [-0.15, -0.1) is 16.4 Å². The topological polar surface area (TPSA) is 85.4 Å². The number of carbonyl (C=O) groups excluding carboxylic acids is 2. The Morgan fingerprint density at radius 2 is 2.15 bits per heavy atom. The third-order valence-electron chi connectivity index (χ3n) is 4.59. The average molecular weight is 383 g/mol. The van der Waals surface area contributed by atoms with E-state index >= 15 is 0 Å². The van der Waals surface area contributed by atoms with Crippen molar-refractivity contribution in [1.29, 1.82) is 0 Å². The number of amides is 1. The lowest BCUT2D eigenvalue weighted by Crippen LogP contribution is -2.33. The van der Waals surface area contributed by atoms with Gasteiger partial charge in [0.15, 0.2) is 5.78 Å². The van der Waals surface area contributed by atoms with Gasteiger partial charge in [-0.3, -0.25) is 9.59 Å². The summed E-state index contributed by atoms with van der Waals surface area (Å²) in [5.41, 5.74) is 2.28. The van der Waals surface area contributed by atoms with E-state index in [0.29, 0.717) is 12.0 Å². The molecule has 0 aliphatic carbocycles. The number of carbonyl (C=O) groups is 2. The zero-order chi connectivity index (χ0) is 19.1. The van der Waals surface area contributed by atoms with Crippen LogP contribution in [-0.4, -0.2) is 27.5 Å². The Morgan fingerprint density at radius 1 is 1.33 bits per heavy atom. The first-order valence-electron chi connectivity index (χ1n) is 8.52. The van der Waals surface area contributed by atoms with E-state index in [4.69, 9.17) is 4.42 Å². The fourth-order valence-corrected chi connectivity index (χ4v) is 4.06. The quantitative estimate of drug-likeness (QED) is 0.647. The SMILES string of the molecule is CC(=O)N1c2ccc(C(=O)Cn3nc(-c4cccs4)oc3=O)cc2C[C@H]1C. The minimum absolute atomic E-state index is 0.0180. The second kappa shape index (κ2) is 6.62. The lowest BCUT2D eigenvalue weighted by Gasteiger charge is -2.20. The highest BCUT2D eigenvalue weighted by atomic mass is 32.1. The Morgan fingerprint density at radius 3 is 2.85 bits per heavy atom. The van der Waals surface area contributed by atoms with Crippen molar-refractivity contribution in [2.24, 2.45) is 0 Å². The van der Waals surface area contributed by atoms with Crippen molar-refractivity contribution in [2.45, 2.75) is 32.9 Å². The van der Waals surface area contributed by atoms with Gasteiger partial charge in [-0.25, -0.2) is 4.79 Å². The van der Waals surface area contributed by atoms with Crippen molar-refractivity contribution in [1.82, 2.24) is 9.78 Å². The maximum absolute atomic E-state index is 12.6. The van der Waals surface area contributed by atoms with Crippen molar-refractivity contribution in [2.75, 3.05) is 4.90 Å². The first-order chi connectivity index (χ1) is 12.9. The molecule has 1 amide bonds. The number of ketones is 1. The number of anilines is 1. The van der Waals surface area contributed by atoms with Crippen molar-refractivity contribution < 1.29 is 14.0 Å². The number of nitrogens with zero attached hydrogens (tertiary/aromatic N) is 3. The second-order valence-corrected chi connectivity index (χ2v) is 7.46. The highest BCUT2D eigenvalue weighted by Gasteiger charge is 2.29. The van der Waals surface area contributed by atoms with Gasteiger partial charge in [0.25, 0.3) is 5.89 Å². The number of fused-ring (bicyclic) bond motifs is 1. The second-order valence-electron chi connectivity index (χ2n) is 6.52. The van der Waals surface area contributed by atoms with Crippen LogP contribution in [0.25, 0.3) is 10.8 Å². The number of rotatable bonds is 4. The number of hydrogen-bond acceptors (Lipinski definition) is 6. The summed E-state index contributed by atoms with van der Waals surface area (Å²) in [5, 5.41) is 5.97. The van der Waals surface area contributed by atoms with E-state index in [1.54, 1.807) is 29.2 Å². The monoisotopic (exact) mass is 383 g/mol. The van der Waals surface area contributed by atoms with Crippen molar-refractivity contribution >= 4 is 28.7 Å². The molecule has 2 aromatic heterocycles. The molecule has 0 fully saturated rings. The van der Waals surface area contributed by atoms with Crippen molar-refractivity contribution in [3.8, 4) is 10.8 Å². The summed E-state index contributed by atoms with van der Waals surface area (Å²) in [6, 6.07) is 8.96. The van der Waals surface area contributed by atoms with E-state index in [1.807, 2.05) is 18.4 Å². The smallest absolute Gasteiger partial charge is 0.387 e. The molecule has 1 aromatic carbocycles. The van der Waals surface area contributed by atoms with Gasteiger partial charge >= 0.3 is 5.76 Å². The van der Waals surface area contributed by atoms with Gasteiger partial charge in [0, 0.05) is 24.2 Å². The van der Waals surface area contributed by atoms with Crippen molar-refractivity contribution in [3.63, 3.8) is 0 Å². The van der Waals surface area contributed by atoms with E-state index in [9.17, 15) is 14.4 Å². The molecule has 1 atom stereocenters. The minimum atomic E-state index is -0.663. The maximum Gasteiger partial charge on any atom is 0.437 e. The molecule has 1 aliphatic rings. The number of Topliss-reactive ketones (excluding diaryl/α,β-unsaturated/α-hetero) is 1. The van der Waals surface area contributed by atoms with Crippen LogP contribution in [-0.2, 0) is 17.8 Å². The number of hydrogen-bond donors (Lipinski definition) is 0. The predicted octanol–water partition coefficient (Wildman–Crippen LogP) is 2.75. The molecule has 3 aromatic rings. The molecular weight excluding hydrogens is 366 g/mol. The third kappa shape index (κ3) is 3.12. The fourth-order valence-electron chi connectivity index (χ4n) is 3.42. The van der Waals surface area contributed by atoms with Gasteiger partial charge in [-0.2, -0.15) is 4.68 Å². The Balaban J connectivity index is 1.58. The molecule has 138 valence electrons. The molecule has 0 spiro atoms. The molecule has 4 rings (SSSR count). The molecular formula is C19H17N3O4S. The third-order valence-corrected chi connectivity index (χ3v) is 5.45. The van der Waals surface area contributed by atoms with Crippen LogP contribution in [0.4, 0.5) is 5.69 Å². The first kappa shape index (κ1) is 17.4. The molecule has 1 aliphatic heterocycles. The van der Waals surface area contributed by atoms with Gasteiger partial charge in [0.05, 0.1) is 4.88 Å². The van der Waals surface area contributed by atoms with E-state index < -0.39 is 5.76 Å². The molecule has 0 saturated heterocycles. The number of benzene rings is 1. The first-order valence-corrected chi connectivity index (χ1v) is 9.40. The van der Waals surface area contributed by atoms with Crippen LogP contribution in [0.2, 0.25) is 0 Å². The summed E-state index contributed by atoms with van der Waals surface area (Å²) in [5.74, 6) is -0.706. The summed E-state index contributed by atoms with van der Waals surface area (Å²) in [7, 11) is 0. The lowest BCUT2D eigenvalue weighted by atomic mass is 10.0. The normalized spacial score (nSPS) is 15.8. The Kier molecular flexibility index (Phi) is 4.27. The van der Waals surface area contributed by atoms with Gasteiger partial charge < -0.3 is 9.32 Å². The van der Waals surface area contributed by atoms with Gasteiger partial charge in [0.1, 0.15) is 6.54 Å². The summed E-state index contributed by atoms with van der Waals surface area (Å²) in [6.07, 6.45) is 0.697. The Hall–Kier alpha value is -3.00. The zero-order valence-electron chi connectivity index (χ0n) is 14.8. The molecule has 0 bridgehead atoms. The van der Waals surface area contributed by atoms with Crippen LogP contribution in [0.5, 0.6) is 0 Å². The summed E-state index contributed by atoms with van der Waals surface area (Å²) >= 11 is 1.40. The van der Waals surface area contributed by atoms with Gasteiger partial charge in [-0.05, 0) is 48.6 Å². The molecule has 3 heterocycles. The number of aromatic nitrogens is 2.